The van der Waals surface area contributed by atoms with Gasteiger partial charge in [-0.15, -0.1) is 0 Å². The molecule has 1 unspecified atom stereocenters. The van der Waals surface area contributed by atoms with E-state index in [0.717, 1.165) is 34.5 Å². The first-order valence-electron chi connectivity index (χ1n) is 18.9. The molecule has 5 atom stereocenters. The van der Waals surface area contributed by atoms with Crippen molar-refractivity contribution in [1.82, 2.24) is 35.2 Å². The van der Waals surface area contributed by atoms with E-state index in [9.17, 15) is 27.6 Å². The second-order valence-electron chi connectivity index (χ2n) is 15.0. The highest BCUT2D eigenvalue weighted by Crippen LogP contribution is 2.46. The van der Waals surface area contributed by atoms with Crippen LogP contribution in [-0.2, 0) is 24.4 Å². The minimum Gasteiger partial charge on any atom is -0.472 e. The summed E-state index contributed by atoms with van der Waals surface area (Å²) < 4.78 is 34.6. The normalized spacial score (nSPS) is 26.5. The van der Waals surface area contributed by atoms with Crippen LogP contribution in [-0.4, -0.2) is 87.4 Å². The third-order valence-electron chi connectivity index (χ3n) is 11.0. The average Bonchev–Trinajstić information content (AvgIpc) is 4.11. The lowest BCUT2D eigenvalue weighted by Gasteiger charge is -2.29. The number of carbonyl (C=O) groups is 4. The van der Waals surface area contributed by atoms with E-state index in [1.54, 1.807) is 6.92 Å². The number of nitrogens with zero attached hydrogens (tertiary/aromatic N) is 4. The lowest BCUT2D eigenvalue weighted by Crippen LogP contribution is -2.58. The zero-order chi connectivity index (χ0) is 38.3. The zero-order valence-electron chi connectivity index (χ0n) is 30.4. The topological polar surface area (TPSA) is 190 Å². The van der Waals surface area contributed by atoms with Crippen LogP contribution in [0.5, 0.6) is 5.88 Å². The molecule has 3 N–H and O–H groups in total. The average molecular weight is 766 g/mol. The van der Waals surface area contributed by atoms with Gasteiger partial charge >= 0.3 is 0 Å². The molecule has 2 aliphatic heterocycles. The van der Waals surface area contributed by atoms with Gasteiger partial charge in [-0.2, -0.15) is 0 Å². The number of hydrogen-bond donors (Lipinski definition) is 3. The number of carbonyl (C=O) groups excluding carboxylic acids is 4. The number of allylic oxidation sites excluding steroid dienone is 1. The summed E-state index contributed by atoms with van der Waals surface area (Å²) in [5.41, 5.74) is -0.0889. The first-order valence-corrected chi connectivity index (χ1v) is 20.5. The number of pyridine rings is 1. The molecule has 4 amide bonds. The van der Waals surface area contributed by atoms with Crippen LogP contribution in [0.4, 0.5) is 0 Å². The predicted molar refractivity (Wildman–Crippen MR) is 203 cm³/mol. The maximum Gasteiger partial charge on any atom is 0.272 e. The number of para-hydroxylation sites is 1. The molecule has 2 aliphatic carbocycles. The number of aromatic nitrogens is 3. The maximum atomic E-state index is 14.6. The van der Waals surface area contributed by atoms with E-state index in [-0.39, 0.29) is 25.1 Å². The molecule has 14 nitrogen and oxygen atoms in total. The van der Waals surface area contributed by atoms with Crippen molar-refractivity contribution in [3.05, 3.63) is 84.5 Å². The highest BCUT2D eigenvalue weighted by atomic mass is 32.2. The number of ether oxygens (including phenoxy) is 1. The smallest absolute Gasteiger partial charge is 0.272 e. The van der Waals surface area contributed by atoms with Gasteiger partial charge in [0.05, 0.1) is 29.2 Å². The second-order valence-corrected chi connectivity index (χ2v) is 17.0. The Kier molecular flexibility index (Phi) is 9.74. The Morgan fingerprint density at radius 1 is 0.945 bits per heavy atom. The second kappa shape index (κ2) is 14.7. The van der Waals surface area contributed by atoms with Gasteiger partial charge in [0.25, 0.3) is 11.8 Å². The van der Waals surface area contributed by atoms with Crippen LogP contribution >= 0.6 is 0 Å². The summed E-state index contributed by atoms with van der Waals surface area (Å²) in [6.07, 6.45) is 10.4. The number of nitrogens with one attached hydrogen (secondary N) is 3. The van der Waals surface area contributed by atoms with Crippen LogP contribution in [0.1, 0.15) is 74.0 Å². The summed E-state index contributed by atoms with van der Waals surface area (Å²) in [5.74, 6) is -2.52. The summed E-state index contributed by atoms with van der Waals surface area (Å²) >= 11 is 0. The van der Waals surface area contributed by atoms with Crippen molar-refractivity contribution in [2.75, 3.05) is 6.54 Å². The molecule has 0 radical (unpaired) electrons. The van der Waals surface area contributed by atoms with Crippen LogP contribution in [0.3, 0.4) is 0 Å². The van der Waals surface area contributed by atoms with Crippen molar-refractivity contribution < 1.29 is 32.3 Å². The quantitative estimate of drug-likeness (QED) is 0.185. The van der Waals surface area contributed by atoms with E-state index in [0.29, 0.717) is 43.7 Å². The zero-order valence-corrected chi connectivity index (χ0v) is 31.3. The lowest BCUT2D eigenvalue weighted by molar-refractivity contribution is -0.141. The van der Waals surface area contributed by atoms with E-state index < -0.39 is 68.5 Å². The fourth-order valence-corrected chi connectivity index (χ4v) is 9.07. The molecule has 0 bridgehead atoms. The summed E-state index contributed by atoms with van der Waals surface area (Å²) in [6.45, 7) is 1.75. The van der Waals surface area contributed by atoms with E-state index in [4.69, 9.17) is 9.72 Å². The Hall–Kier alpha value is -5.44. The fraction of sp³-hybridized carbons (Fsp3) is 0.425. The molecule has 2 aromatic heterocycles. The molecular formula is C40H43N7O7S. The maximum absolute atomic E-state index is 14.6. The monoisotopic (exact) mass is 765 g/mol. The molecule has 4 aliphatic rings. The van der Waals surface area contributed by atoms with Crippen LogP contribution in [0, 0.1) is 12.8 Å². The Morgan fingerprint density at radius 3 is 2.47 bits per heavy atom. The van der Waals surface area contributed by atoms with Gasteiger partial charge in [-0.25, -0.2) is 18.4 Å². The highest BCUT2D eigenvalue weighted by molar-refractivity contribution is 7.91. The van der Waals surface area contributed by atoms with Gasteiger partial charge in [0.15, 0.2) is 0 Å². The van der Waals surface area contributed by atoms with Crippen molar-refractivity contribution in [2.24, 2.45) is 5.92 Å². The molecule has 8 rings (SSSR count). The van der Waals surface area contributed by atoms with Crippen LogP contribution in [0.25, 0.3) is 21.7 Å². The van der Waals surface area contributed by atoms with Crippen molar-refractivity contribution in [3.63, 3.8) is 0 Å². The van der Waals surface area contributed by atoms with Gasteiger partial charge in [-0.3, -0.25) is 28.9 Å². The SMILES string of the molecule is Cc1cnc(C(=O)N[C@H]2CCCCC/C=C\[C@@H]3CC3(C(=O)NS(=O)(=O)C3CC3)NC(=O)[C@@H]3C[C@@H](Oc4nc5ccccc5c5ccccc45)CN3C2=O)cn1. The van der Waals surface area contributed by atoms with Crippen LogP contribution < -0.4 is 20.1 Å². The predicted octanol–water partition coefficient (Wildman–Crippen LogP) is 3.64. The first kappa shape index (κ1) is 36.5. The summed E-state index contributed by atoms with van der Waals surface area (Å²) in [5, 5.41) is 7.79. The molecule has 4 aromatic rings. The van der Waals surface area contributed by atoms with E-state index >= 15 is 0 Å². The molecule has 2 aromatic carbocycles. The van der Waals surface area contributed by atoms with Gasteiger partial charge < -0.3 is 20.3 Å². The number of benzene rings is 2. The molecule has 286 valence electrons. The number of hydrogen-bond acceptors (Lipinski definition) is 10. The Balaban J connectivity index is 1.12. The highest BCUT2D eigenvalue weighted by Gasteiger charge is 2.62. The Bertz CT molecular complexity index is 2310. The van der Waals surface area contributed by atoms with Gasteiger partial charge in [-0.05, 0) is 63.0 Å². The molecule has 55 heavy (non-hydrogen) atoms. The third-order valence-corrected chi connectivity index (χ3v) is 12.8. The molecule has 15 heteroatoms. The number of fused-ring (bicyclic) bond motifs is 5. The first-order chi connectivity index (χ1) is 26.5. The number of amides is 4. The van der Waals surface area contributed by atoms with E-state index in [1.807, 2.05) is 60.7 Å². The molecule has 3 fully saturated rings. The minimum atomic E-state index is -3.89. The van der Waals surface area contributed by atoms with E-state index in [2.05, 4.69) is 25.3 Å². The minimum absolute atomic E-state index is 0.00491. The molecular weight excluding hydrogens is 723 g/mol. The number of rotatable bonds is 7. The fourth-order valence-electron chi connectivity index (χ4n) is 7.71. The summed E-state index contributed by atoms with van der Waals surface area (Å²) in [7, 11) is -3.89. The number of aryl methyl sites for hydroxylation is 1. The van der Waals surface area contributed by atoms with Crippen molar-refractivity contribution in [3.8, 4) is 5.88 Å². The Labute approximate surface area is 318 Å². The number of sulfonamides is 1. The molecule has 0 spiro atoms. The molecule has 1 saturated heterocycles. The van der Waals surface area contributed by atoms with Crippen molar-refractivity contribution >= 4 is 55.3 Å². The van der Waals surface area contributed by atoms with Crippen molar-refractivity contribution in [2.45, 2.75) is 93.7 Å². The van der Waals surface area contributed by atoms with Crippen molar-refractivity contribution in [1.29, 1.82) is 0 Å². The third kappa shape index (κ3) is 7.49. The molecule has 2 saturated carbocycles. The van der Waals surface area contributed by atoms with Crippen LogP contribution in [0.2, 0.25) is 0 Å². The standard InChI is InChI=1S/C40H43N7O7S/c1-24-21-42-33(22-41-24)35(48)43-32-16-6-4-2-3-5-11-25-20-40(25,39(51)46-55(52,53)27-17-18-27)45-36(49)34-19-26(23-47(34)38(32)50)54-37-30-14-8-7-12-28(30)29-13-9-10-15-31(29)44-37/h5,7-15,21-22,25-27,32,34H,2-4,6,16-20,23H2,1H3,(H,43,48)(H,45,49)(H,46,51)/b11-5-/t25-,26-,32+,34+,40?/m1/s1. The summed E-state index contributed by atoms with van der Waals surface area (Å²) in [6, 6.07) is 13.3. The Morgan fingerprint density at radius 2 is 1.71 bits per heavy atom. The molecule has 4 heterocycles. The van der Waals surface area contributed by atoms with Gasteiger partial charge in [-0.1, -0.05) is 61.4 Å². The largest absolute Gasteiger partial charge is 0.472 e. The van der Waals surface area contributed by atoms with Gasteiger partial charge in [0.2, 0.25) is 27.7 Å². The van der Waals surface area contributed by atoms with E-state index in [1.165, 1.54) is 17.3 Å². The lowest BCUT2D eigenvalue weighted by atomic mass is 10.0. The van der Waals surface area contributed by atoms with Gasteiger partial charge in [0, 0.05) is 29.3 Å². The summed E-state index contributed by atoms with van der Waals surface area (Å²) in [4.78, 5) is 70.9. The van der Waals surface area contributed by atoms with Gasteiger partial charge in [0.1, 0.15) is 29.4 Å². The van der Waals surface area contributed by atoms with Crippen LogP contribution in [0.15, 0.2) is 73.1 Å².